The van der Waals surface area contributed by atoms with Gasteiger partial charge in [0.25, 0.3) is 0 Å². The molecule has 3 aromatic rings. The minimum Gasteiger partial charge on any atom is -0.367 e. The molecule has 1 aromatic carbocycles. The number of hydrogen-bond donors (Lipinski definition) is 1. The number of aromatic nitrogens is 4. The Morgan fingerprint density at radius 2 is 1.83 bits per heavy atom. The van der Waals surface area contributed by atoms with Gasteiger partial charge in [0, 0.05) is 36.9 Å². The standard InChI is InChI=1S/C17H17FN6/c18-12-2-3-15-14(10-12)16(22-11-21-15)23-13-4-8-24(9-5-13)17-19-6-1-7-20-17/h1-3,6-7,10-11,13H,4-5,8-9H2,(H,21,22,23). The molecule has 0 spiro atoms. The molecule has 0 unspecified atom stereocenters. The predicted molar refractivity (Wildman–Crippen MR) is 90.4 cm³/mol. The second-order valence-electron chi connectivity index (χ2n) is 5.84. The van der Waals surface area contributed by atoms with Gasteiger partial charge in [0.15, 0.2) is 0 Å². The molecule has 3 heterocycles. The average molecular weight is 324 g/mol. The zero-order valence-corrected chi connectivity index (χ0v) is 13.1. The quantitative estimate of drug-likeness (QED) is 0.799. The van der Waals surface area contributed by atoms with Crippen molar-refractivity contribution in [2.45, 2.75) is 18.9 Å². The maximum Gasteiger partial charge on any atom is 0.225 e. The van der Waals surface area contributed by atoms with Crippen LogP contribution in [-0.4, -0.2) is 39.1 Å². The van der Waals surface area contributed by atoms with E-state index in [-0.39, 0.29) is 11.9 Å². The summed E-state index contributed by atoms with van der Waals surface area (Å²) < 4.78 is 13.5. The molecule has 1 aliphatic heterocycles. The van der Waals surface area contributed by atoms with E-state index in [1.165, 1.54) is 18.5 Å². The third kappa shape index (κ3) is 2.97. The highest BCUT2D eigenvalue weighted by Crippen LogP contribution is 2.23. The van der Waals surface area contributed by atoms with Crippen molar-refractivity contribution < 1.29 is 4.39 Å². The van der Waals surface area contributed by atoms with Gasteiger partial charge >= 0.3 is 0 Å². The number of fused-ring (bicyclic) bond motifs is 1. The molecule has 0 atom stereocenters. The fraction of sp³-hybridized carbons (Fsp3) is 0.294. The molecular formula is C17H17FN6. The number of rotatable bonds is 3. The second kappa shape index (κ2) is 6.35. The smallest absolute Gasteiger partial charge is 0.225 e. The minimum absolute atomic E-state index is 0.281. The van der Waals surface area contributed by atoms with Crippen molar-refractivity contribution in [2.24, 2.45) is 0 Å². The van der Waals surface area contributed by atoms with Crippen LogP contribution in [0.15, 0.2) is 43.0 Å². The summed E-state index contributed by atoms with van der Waals surface area (Å²) in [6, 6.07) is 6.66. The van der Waals surface area contributed by atoms with Crippen LogP contribution in [0.5, 0.6) is 0 Å². The third-order valence-electron chi connectivity index (χ3n) is 4.27. The lowest BCUT2D eigenvalue weighted by atomic mass is 10.1. The van der Waals surface area contributed by atoms with Crippen molar-refractivity contribution in [3.63, 3.8) is 0 Å². The molecule has 0 saturated carbocycles. The van der Waals surface area contributed by atoms with Crippen molar-refractivity contribution in [1.29, 1.82) is 0 Å². The van der Waals surface area contributed by atoms with Crippen molar-refractivity contribution in [2.75, 3.05) is 23.3 Å². The summed E-state index contributed by atoms with van der Waals surface area (Å²) in [7, 11) is 0. The lowest BCUT2D eigenvalue weighted by molar-refractivity contribution is 0.519. The van der Waals surface area contributed by atoms with Crippen LogP contribution in [0.2, 0.25) is 0 Å². The van der Waals surface area contributed by atoms with Crippen molar-refractivity contribution in [1.82, 2.24) is 19.9 Å². The summed E-state index contributed by atoms with van der Waals surface area (Å²) in [6.07, 6.45) is 6.91. The monoisotopic (exact) mass is 324 g/mol. The maximum absolute atomic E-state index is 13.5. The van der Waals surface area contributed by atoms with Gasteiger partial charge < -0.3 is 10.2 Å². The van der Waals surface area contributed by atoms with Crippen LogP contribution >= 0.6 is 0 Å². The van der Waals surface area contributed by atoms with E-state index >= 15 is 0 Å². The molecule has 122 valence electrons. The Hall–Kier alpha value is -2.83. The molecule has 1 saturated heterocycles. The van der Waals surface area contributed by atoms with E-state index in [4.69, 9.17) is 0 Å². The summed E-state index contributed by atoms with van der Waals surface area (Å²) in [5.74, 6) is 1.18. The van der Waals surface area contributed by atoms with Gasteiger partial charge in [-0.3, -0.25) is 0 Å². The molecule has 0 bridgehead atoms. The van der Waals surface area contributed by atoms with Crippen molar-refractivity contribution in [3.8, 4) is 0 Å². The normalized spacial score (nSPS) is 15.6. The SMILES string of the molecule is Fc1ccc2ncnc(NC3CCN(c4ncccn4)CC3)c2c1. The fourth-order valence-corrected chi connectivity index (χ4v) is 3.02. The van der Waals surface area contributed by atoms with E-state index in [1.807, 2.05) is 6.07 Å². The first-order chi connectivity index (χ1) is 11.8. The van der Waals surface area contributed by atoms with Gasteiger partial charge in [0.2, 0.25) is 5.95 Å². The summed E-state index contributed by atoms with van der Waals surface area (Å²) in [5, 5.41) is 4.15. The topological polar surface area (TPSA) is 66.8 Å². The predicted octanol–water partition coefficient (Wildman–Crippen LogP) is 2.64. The third-order valence-corrected chi connectivity index (χ3v) is 4.27. The molecule has 6 nitrogen and oxygen atoms in total. The molecule has 0 aliphatic carbocycles. The summed E-state index contributed by atoms with van der Waals surface area (Å²) in [5.41, 5.74) is 0.740. The Labute approximate surface area is 138 Å². The minimum atomic E-state index is -0.281. The molecule has 0 amide bonds. The molecule has 24 heavy (non-hydrogen) atoms. The second-order valence-corrected chi connectivity index (χ2v) is 5.84. The number of piperidine rings is 1. The fourth-order valence-electron chi connectivity index (χ4n) is 3.02. The van der Waals surface area contributed by atoms with Crippen LogP contribution in [0.25, 0.3) is 10.9 Å². The lowest BCUT2D eigenvalue weighted by Crippen LogP contribution is -2.40. The van der Waals surface area contributed by atoms with E-state index in [1.54, 1.807) is 18.5 Å². The molecule has 7 heteroatoms. The maximum atomic E-state index is 13.5. The van der Waals surface area contributed by atoms with Gasteiger partial charge in [0.05, 0.1) is 5.52 Å². The molecule has 0 radical (unpaired) electrons. The molecule has 1 fully saturated rings. The number of nitrogens with one attached hydrogen (secondary N) is 1. The highest BCUT2D eigenvalue weighted by atomic mass is 19.1. The highest BCUT2D eigenvalue weighted by Gasteiger charge is 2.21. The molecule has 1 N–H and O–H groups in total. The van der Waals surface area contributed by atoms with Gasteiger partial charge in [-0.05, 0) is 37.1 Å². The molecular weight excluding hydrogens is 307 g/mol. The van der Waals surface area contributed by atoms with Crippen LogP contribution in [0.3, 0.4) is 0 Å². The number of benzene rings is 1. The van der Waals surface area contributed by atoms with Gasteiger partial charge in [0.1, 0.15) is 18.0 Å². The number of halogens is 1. The van der Waals surface area contributed by atoms with Gasteiger partial charge in [-0.2, -0.15) is 0 Å². The number of hydrogen-bond acceptors (Lipinski definition) is 6. The van der Waals surface area contributed by atoms with Crippen molar-refractivity contribution >= 4 is 22.7 Å². The first-order valence-electron chi connectivity index (χ1n) is 7.98. The Morgan fingerprint density at radius 1 is 1.04 bits per heavy atom. The van der Waals surface area contributed by atoms with Gasteiger partial charge in [-0.1, -0.05) is 0 Å². The zero-order valence-electron chi connectivity index (χ0n) is 13.1. The molecule has 1 aliphatic rings. The average Bonchev–Trinajstić information content (AvgIpc) is 2.64. The van der Waals surface area contributed by atoms with E-state index in [9.17, 15) is 4.39 Å². The number of anilines is 2. The number of nitrogens with zero attached hydrogens (tertiary/aromatic N) is 5. The Balaban J connectivity index is 1.47. The van der Waals surface area contributed by atoms with Crippen LogP contribution < -0.4 is 10.2 Å². The Bertz CT molecular complexity index is 833. The van der Waals surface area contributed by atoms with E-state index < -0.39 is 0 Å². The van der Waals surface area contributed by atoms with Crippen LogP contribution in [0, 0.1) is 5.82 Å². The summed E-state index contributed by atoms with van der Waals surface area (Å²) in [6.45, 7) is 1.75. The van der Waals surface area contributed by atoms with E-state index in [0.29, 0.717) is 11.2 Å². The van der Waals surface area contributed by atoms with Crippen molar-refractivity contribution in [3.05, 3.63) is 48.8 Å². The Kier molecular flexibility index (Phi) is 3.90. The summed E-state index contributed by atoms with van der Waals surface area (Å²) in [4.78, 5) is 19.2. The van der Waals surface area contributed by atoms with Crippen LogP contribution in [0.4, 0.5) is 16.2 Å². The van der Waals surface area contributed by atoms with Gasteiger partial charge in [-0.25, -0.2) is 24.3 Å². The summed E-state index contributed by atoms with van der Waals surface area (Å²) >= 11 is 0. The van der Waals surface area contributed by atoms with E-state index in [0.717, 1.165) is 37.4 Å². The Morgan fingerprint density at radius 3 is 2.62 bits per heavy atom. The highest BCUT2D eigenvalue weighted by molar-refractivity contribution is 5.88. The first kappa shape index (κ1) is 14.7. The van der Waals surface area contributed by atoms with E-state index in [2.05, 4.69) is 30.2 Å². The molecule has 2 aromatic heterocycles. The molecule has 4 rings (SSSR count). The largest absolute Gasteiger partial charge is 0.367 e. The first-order valence-corrected chi connectivity index (χ1v) is 7.98. The van der Waals surface area contributed by atoms with Gasteiger partial charge in [-0.15, -0.1) is 0 Å². The van der Waals surface area contributed by atoms with Crippen LogP contribution in [-0.2, 0) is 0 Å². The van der Waals surface area contributed by atoms with Crippen LogP contribution in [0.1, 0.15) is 12.8 Å². The lowest BCUT2D eigenvalue weighted by Gasteiger charge is -2.32. The zero-order chi connectivity index (χ0) is 16.4.